The van der Waals surface area contributed by atoms with Crippen LogP contribution >= 0.6 is 0 Å². The summed E-state index contributed by atoms with van der Waals surface area (Å²) in [6.45, 7) is 6.76. The van der Waals surface area contributed by atoms with E-state index in [9.17, 15) is 5.11 Å². The lowest BCUT2D eigenvalue weighted by molar-refractivity contribution is -0.0192. The second-order valence-corrected chi connectivity index (χ2v) is 5.39. The van der Waals surface area contributed by atoms with Crippen molar-refractivity contribution < 1.29 is 19.3 Å². The first-order valence-corrected chi connectivity index (χ1v) is 7.06. The van der Waals surface area contributed by atoms with Crippen LogP contribution in [0.25, 0.3) is 0 Å². The minimum absolute atomic E-state index is 0.210. The van der Waals surface area contributed by atoms with Gasteiger partial charge >= 0.3 is 0 Å². The highest BCUT2D eigenvalue weighted by Gasteiger charge is 2.34. The molecule has 19 heavy (non-hydrogen) atoms. The predicted octanol–water partition coefficient (Wildman–Crippen LogP) is -0.925. The van der Waals surface area contributed by atoms with Gasteiger partial charge in [0.25, 0.3) is 0 Å². The van der Waals surface area contributed by atoms with Gasteiger partial charge in [0.2, 0.25) is 0 Å². The highest BCUT2D eigenvalue weighted by atomic mass is 16.5. The lowest BCUT2D eigenvalue weighted by Crippen LogP contribution is -2.47. The molecule has 0 bridgehead atoms. The number of aliphatic hydroxyl groups is 1. The van der Waals surface area contributed by atoms with E-state index in [0.717, 1.165) is 45.9 Å². The molecular weight excluding hydrogens is 248 g/mol. The molecule has 2 atom stereocenters. The van der Waals surface area contributed by atoms with Crippen LogP contribution in [0.15, 0.2) is 0 Å². The topological polar surface area (TPSA) is 63.2 Å². The van der Waals surface area contributed by atoms with Gasteiger partial charge in [-0.05, 0) is 0 Å². The van der Waals surface area contributed by atoms with Crippen LogP contribution in [-0.4, -0.2) is 88.0 Å². The zero-order valence-corrected chi connectivity index (χ0v) is 11.8. The molecule has 112 valence electrons. The van der Waals surface area contributed by atoms with Gasteiger partial charge in [0.1, 0.15) is 5.60 Å². The van der Waals surface area contributed by atoms with Gasteiger partial charge in [-0.1, -0.05) is 0 Å². The summed E-state index contributed by atoms with van der Waals surface area (Å²) < 4.78 is 16.2. The first-order valence-electron chi connectivity index (χ1n) is 7.06. The number of aliphatic hydroxyl groups excluding tert-OH is 1. The Labute approximate surface area is 115 Å². The average molecular weight is 274 g/mol. The van der Waals surface area contributed by atoms with Crippen LogP contribution in [0.5, 0.6) is 0 Å². The van der Waals surface area contributed by atoms with Crippen molar-refractivity contribution in [1.82, 2.24) is 10.2 Å². The molecule has 0 radical (unpaired) electrons. The van der Waals surface area contributed by atoms with Crippen LogP contribution in [0.3, 0.4) is 0 Å². The minimum atomic E-state index is -0.352. The van der Waals surface area contributed by atoms with Crippen molar-refractivity contribution in [1.29, 1.82) is 0 Å². The lowest BCUT2D eigenvalue weighted by atomic mass is 10.0. The third-order valence-electron chi connectivity index (χ3n) is 3.90. The molecule has 6 nitrogen and oxygen atoms in total. The van der Waals surface area contributed by atoms with Crippen molar-refractivity contribution in [3.63, 3.8) is 0 Å². The summed E-state index contributed by atoms with van der Waals surface area (Å²) in [4.78, 5) is 2.24. The quantitative estimate of drug-likeness (QED) is 0.626. The van der Waals surface area contributed by atoms with Crippen LogP contribution in [0.4, 0.5) is 0 Å². The molecule has 6 heteroatoms. The van der Waals surface area contributed by atoms with Gasteiger partial charge in [0, 0.05) is 52.9 Å². The number of ether oxygens (including phenoxy) is 3. The fourth-order valence-electron chi connectivity index (χ4n) is 2.57. The summed E-state index contributed by atoms with van der Waals surface area (Å²) in [5, 5.41) is 13.3. The van der Waals surface area contributed by atoms with E-state index in [1.807, 2.05) is 0 Å². The zero-order chi connectivity index (χ0) is 13.6. The van der Waals surface area contributed by atoms with E-state index in [-0.39, 0.29) is 11.7 Å². The third kappa shape index (κ3) is 4.66. The molecule has 2 saturated heterocycles. The maximum Gasteiger partial charge on any atom is 0.106 e. The number of nitrogens with one attached hydrogen (secondary N) is 1. The first-order chi connectivity index (χ1) is 9.24. The van der Waals surface area contributed by atoms with Crippen molar-refractivity contribution in [3.05, 3.63) is 0 Å². The molecule has 2 fully saturated rings. The summed E-state index contributed by atoms with van der Waals surface area (Å²) in [7, 11) is 1.72. The summed E-state index contributed by atoms with van der Waals surface area (Å²) in [6.07, 6.45) is 0.560. The van der Waals surface area contributed by atoms with Gasteiger partial charge in [0.15, 0.2) is 0 Å². The number of morpholine rings is 1. The zero-order valence-electron chi connectivity index (χ0n) is 11.8. The van der Waals surface area contributed by atoms with Crippen LogP contribution in [0.1, 0.15) is 6.42 Å². The van der Waals surface area contributed by atoms with Gasteiger partial charge in [0.05, 0.1) is 25.9 Å². The smallest absolute Gasteiger partial charge is 0.106 e. The first kappa shape index (κ1) is 15.2. The van der Waals surface area contributed by atoms with Crippen molar-refractivity contribution in [2.75, 3.05) is 66.3 Å². The molecule has 2 aliphatic heterocycles. The Morgan fingerprint density at radius 3 is 2.74 bits per heavy atom. The van der Waals surface area contributed by atoms with E-state index in [2.05, 4.69) is 10.2 Å². The predicted molar refractivity (Wildman–Crippen MR) is 71.3 cm³/mol. The van der Waals surface area contributed by atoms with Crippen LogP contribution in [0.2, 0.25) is 0 Å². The minimum Gasteiger partial charge on any atom is -0.390 e. The molecule has 2 unspecified atom stereocenters. The molecule has 0 aromatic carbocycles. The molecule has 0 amide bonds. The Balaban J connectivity index is 1.61. The highest BCUT2D eigenvalue weighted by molar-refractivity contribution is 4.87. The molecular formula is C13H26N2O4. The van der Waals surface area contributed by atoms with Crippen molar-refractivity contribution in [2.24, 2.45) is 0 Å². The number of methoxy groups -OCH3 is 1. The van der Waals surface area contributed by atoms with Gasteiger partial charge in [-0.25, -0.2) is 0 Å². The molecule has 2 rings (SSSR count). The van der Waals surface area contributed by atoms with Gasteiger partial charge in [-0.15, -0.1) is 0 Å². The number of β-amino-alcohol motifs (C(OH)–C–C–N with tert-alkyl or cyclic N) is 1. The molecule has 0 spiro atoms. The normalized spacial score (nSPS) is 30.6. The maximum absolute atomic E-state index is 10.0. The number of hydrogen-bond acceptors (Lipinski definition) is 6. The fourth-order valence-corrected chi connectivity index (χ4v) is 2.57. The number of rotatable bonds is 7. The van der Waals surface area contributed by atoms with Crippen molar-refractivity contribution in [2.45, 2.75) is 18.1 Å². The fraction of sp³-hybridized carbons (Fsp3) is 1.00. The monoisotopic (exact) mass is 274 g/mol. The Kier molecular flexibility index (Phi) is 6.00. The Hall–Kier alpha value is -0.240. The van der Waals surface area contributed by atoms with E-state index in [1.54, 1.807) is 7.11 Å². The number of nitrogens with zero attached hydrogens (tertiary/aromatic N) is 1. The maximum atomic E-state index is 10.0. The molecule has 0 saturated carbocycles. The lowest BCUT2D eigenvalue weighted by Gasteiger charge is -2.30. The Morgan fingerprint density at radius 2 is 2.11 bits per heavy atom. The molecule has 2 heterocycles. The second-order valence-electron chi connectivity index (χ2n) is 5.39. The molecule has 0 aliphatic carbocycles. The van der Waals surface area contributed by atoms with E-state index in [0.29, 0.717) is 19.7 Å². The highest BCUT2D eigenvalue weighted by Crippen LogP contribution is 2.21. The molecule has 0 aromatic rings. The standard InChI is InChI=1S/C13H26N2O4/c1-17-13(2-5-19-11-13)10-14-8-12(16)9-15-3-6-18-7-4-15/h12,14,16H,2-11H2,1H3. The van der Waals surface area contributed by atoms with E-state index in [4.69, 9.17) is 14.2 Å². The summed E-state index contributed by atoms with van der Waals surface area (Å²) in [5.74, 6) is 0. The van der Waals surface area contributed by atoms with Crippen molar-refractivity contribution >= 4 is 0 Å². The Morgan fingerprint density at radius 1 is 1.32 bits per heavy atom. The second kappa shape index (κ2) is 7.52. The van der Waals surface area contributed by atoms with Crippen molar-refractivity contribution in [3.8, 4) is 0 Å². The molecule has 0 aromatic heterocycles. The third-order valence-corrected chi connectivity index (χ3v) is 3.90. The summed E-state index contributed by atoms with van der Waals surface area (Å²) in [5.41, 5.74) is -0.210. The van der Waals surface area contributed by atoms with Gasteiger partial charge in [-0.2, -0.15) is 0 Å². The average Bonchev–Trinajstić information content (AvgIpc) is 2.89. The van der Waals surface area contributed by atoms with E-state index >= 15 is 0 Å². The molecule has 2 N–H and O–H groups in total. The van der Waals surface area contributed by atoms with E-state index in [1.165, 1.54) is 0 Å². The van der Waals surface area contributed by atoms with Gasteiger partial charge < -0.3 is 24.6 Å². The SMILES string of the molecule is COC1(CNCC(O)CN2CCOCC2)CCOC1. The van der Waals surface area contributed by atoms with Gasteiger partial charge in [-0.3, -0.25) is 4.90 Å². The van der Waals surface area contributed by atoms with Crippen LogP contribution in [0, 0.1) is 0 Å². The largest absolute Gasteiger partial charge is 0.390 e. The molecule has 2 aliphatic rings. The summed E-state index contributed by atoms with van der Waals surface area (Å²) >= 11 is 0. The van der Waals surface area contributed by atoms with Crippen LogP contribution < -0.4 is 5.32 Å². The van der Waals surface area contributed by atoms with E-state index < -0.39 is 0 Å². The number of hydrogen-bond donors (Lipinski definition) is 2. The summed E-state index contributed by atoms with van der Waals surface area (Å²) in [6, 6.07) is 0. The Bertz CT molecular complexity index is 253. The van der Waals surface area contributed by atoms with Crippen LogP contribution in [-0.2, 0) is 14.2 Å².